The molecule has 1 aliphatic rings. The largest absolute Gasteiger partial charge is 0.469 e. The SMILES string of the molecule is Cc1occc1-c1nnc(SCC(=O)N[C@@H]2CCCC[C@H]2C)n1Cc1ccccc1. The van der Waals surface area contributed by atoms with E-state index in [-0.39, 0.29) is 11.9 Å². The fourth-order valence-corrected chi connectivity index (χ4v) is 4.78. The number of aryl methyl sites for hydroxylation is 1. The first kappa shape index (κ1) is 20.7. The molecule has 0 spiro atoms. The van der Waals surface area contributed by atoms with Crippen molar-refractivity contribution in [2.75, 3.05) is 5.75 Å². The van der Waals surface area contributed by atoms with Gasteiger partial charge in [0.1, 0.15) is 5.76 Å². The normalized spacial score (nSPS) is 19.0. The first-order valence-corrected chi connectivity index (χ1v) is 11.5. The van der Waals surface area contributed by atoms with Crippen LogP contribution in [0.4, 0.5) is 0 Å². The average molecular weight is 425 g/mol. The van der Waals surface area contributed by atoms with Crippen molar-refractivity contribution in [1.29, 1.82) is 0 Å². The number of rotatable bonds is 7. The molecule has 0 saturated heterocycles. The fraction of sp³-hybridized carbons (Fsp3) is 0.435. The summed E-state index contributed by atoms with van der Waals surface area (Å²) in [4.78, 5) is 12.6. The van der Waals surface area contributed by atoms with Crippen LogP contribution in [0.3, 0.4) is 0 Å². The zero-order chi connectivity index (χ0) is 20.9. The van der Waals surface area contributed by atoms with Crippen LogP contribution in [-0.4, -0.2) is 32.5 Å². The third-order valence-electron chi connectivity index (χ3n) is 5.79. The molecular weight excluding hydrogens is 396 g/mol. The van der Waals surface area contributed by atoms with Gasteiger partial charge in [-0.05, 0) is 37.3 Å². The van der Waals surface area contributed by atoms with Crippen molar-refractivity contribution < 1.29 is 9.21 Å². The van der Waals surface area contributed by atoms with E-state index in [2.05, 4.69) is 39.1 Å². The molecule has 0 radical (unpaired) electrons. The predicted molar refractivity (Wildman–Crippen MR) is 118 cm³/mol. The Kier molecular flexibility index (Phi) is 6.57. The topological polar surface area (TPSA) is 72.9 Å². The number of hydrogen-bond donors (Lipinski definition) is 1. The molecule has 0 aliphatic heterocycles. The van der Waals surface area contributed by atoms with Gasteiger partial charge < -0.3 is 9.73 Å². The molecule has 2 aromatic heterocycles. The summed E-state index contributed by atoms with van der Waals surface area (Å²) in [5, 5.41) is 12.8. The summed E-state index contributed by atoms with van der Waals surface area (Å²) < 4.78 is 7.54. The maximum Gasteiger partial charge on any atom is 0.230 e. The summed E-state index contributed by atoms with van der Waals surface area (Å²) in [6, 6.07) is 12.4. The standard InChI is InChI=1S/C23H28N4O2S/c1-16-8-6-7-11-20(16)24-21(28)15-30-23-26-25-22(19-12-13-29-17(19)2)27(23)14-18-9-4-3-5-10-18/h3-5,9-10,12-13,16,20H,6-8,11,14-15H2,1-2H3,(H,24,28)/t16-,20-/m1/s1. The number of benzene rings is 1. The van der Waals surface area contributed by atoms with Crippen molar-refractivity contribution >= 4 is 17.7 Å². The minimum atomic E-state index is 0.0639. The summed E-state index contributed by atoms with van der Waals surface area (Å²) in [5.41, 5.74) is 2.08. The number of aromatic nitrogens is 3. The van der Waals surface area contributed by atoms with E-state index >= 15 is 0 Å². The third kappa shape index (κ3) is 4.78. The predicted octanol–water partition coefficient (Wildman–Crippen LogP) is 4.68. The molecule has 4 rings (SSSR count). The molecule has 7 heteroatoms. The van der Waals surface area contributed by atoms with Gasteiger partial charge in [-0.1, -0.05) is 61.9 Å². The maximum atomic E-state index is 12.6. The minimum absolute atomic E-state index is 0.0639. The van der Waals surface area contributed by atoms with Crippen molar-refractivity contribution in [1.82, 2.24) is 20.1 Å². The van der Waals surface area contributed by atoms with Gasteiger partial charge in [0.05, 0.1) is 24.1 Å². The van der Waals surface area contributed by atoms with Crippen molar-refractivity contribution in [3.8, 4) is 11.4 Å². The number of amides is 1. The van der Waals surface area contributed by atoms with Gasteiger partial charge >= 0.3 is 0 Å². The van der Waals surface area contributed by atoms with Crippen molar-refractivity contribution in [3.05, 3.63) is 54.0 Å². The zero-order valence-corrected chi connectivity index (χ0v) is 18.3. The molecule has 158 valence electrons. The number of thioether (sulfide) groups is 1. The highest BCUT2D eigenvalue weighted by atomic mass is 32.2. The molecule has 1 N–H and O–H groups in total. The van der Waals surface area contributed by atoms with Crippen LogP contribution in [-0.2, 0) is 11.3 Å². The van der Waals surface area contributed by atoms with Crippen LogP contribution in [0.1, 0.15) is 43.9 Å². The molecule has 0 unspecified atom stereocenters. The van der Waals surface area contributed by atoms with Gasteiger partial charge in [-0.15, -0.1) is 10.2 Å². The van der Waals surface area contributed by atoms with Crippen LogP contribution in [0.15, 0.2) is 52.2 Å². The molecule has 3 aromatic rings. The maximum absolute atomic E-state index is 12.6. The van der Waals surface area contributed by atoms with Gasteiger partial charge in [0, 0.05) is 6.04 Å². The number of furan rings is 1. The van der Waals surface area contributed by atoms with Crippen LogP contribution < -0.4 is 5.32 Å². The van der Waals surface area contributed by atoms with E-state index in [0.29, 0.717) is 18.2 Å². The van der Waals surface area contributed by atoms with E-state index in [9.17, 15) is 4.79 Å². The number of hydrogen-bond acceptors (Lipinski definition) is 5. The van der Waals surface area contributed by atoms with Gasteiger partial charge in [-0.25, -0.2) is 0 Å². The monoisotopic (exact) mass is 424 g/mol. The Hall–Kier alpha value is -2.54. The van der Waals surface area contributed by atoms with E-state index in [1.54, 1.807) is 6.26 Å². The van der Waals surface area contributed by atoms with Gasteiger partial charge in [-0.2, -0.15) is 0 Å². The van der Waals surface area contributed by atoms with E-state index < -0.39 is 0 Å². The molecular formula is C23H28N4O2S. The first-order valence-electron chi connectivity index (χ1n) is 10.6. The quantitative estimate of drug-likeness (QED) is 0.558. The van der Waals surface area contributed by atoms with Crippen LogP contribution in [0, 0.1) is 12.8 Å². The van der Waals surface area contributed by atoms with Crippen LogP contribution in [0.2, 0.25) is 0 Å². The highest BCUT2D eigenvalue weighted by molar-refractivity contribution is 7.99. The number of nitrogens with zero attached hydrogens (tertiary/aromatic N) is 3. The second kappa shape index (κ2) is 9.51. The molecule has 1 amide bonds. The van der Waals surface area contributed by atoms with Crippen LogP contribution in [0.5, 0.6) is 0 Å². The van der Waals surface area contributed by atoms with E-state index in [4.69, 9.17) is 4.42 Å². The van der Waals surface area contributed by atoms with Gasteiger partial charge in [0.15, 0.2) is 11.0 Å². The van der Waals surface area contributed by atoms with Crippen LogP contribution in [0.25, 0.3) is 11.4 Å². The fourth-order valence-electron chi connectivity index (χ4n) is 4.03. The molecule has 1 saturated carbocycles. The van der Waals surface area contributed by atoms with Crippen molar-refractivity contribution in [2.45, 2.75) is 57.3 Å². The third-order valence-corrected chi connectivity index (χ3v) is 6.76. The average Bonchev–Trinajstić information content (AvgIpc) is 3.34. The summed E-state index contributed by atoms with van der Waals surface area (Å²) in [6.07, 6.45) is 6.39. The highest BCUT2D eigenvalue weighted by Crippen LogP contribution is 2.28. The molecule has 2 atom stereocenters. The van der Waals surface area contributed by atoms with Crippen molar-refractivity contribution in [2.24, 2.45) is 5.92 Å². The van der Waals surface area contributed by atoms with Gasteiger partial charge in [0.25, 0.3) is 0 Å². The van der Waals surface area contributed by atoms with E-state index in [1.165, 1.54) is 31.0 Å². The van der Waals surface area contributed by atoms with Gasteiger partial charge in [-0.3, -0.25) is 9.36 Å². The van der Waals surface area contributed by atoms with E-state index in [1.807, 2.05) is 31.2 Å². The lowest BCUT2D eigenvalue weighted by Gasteiger charge is -2.29. The number of carbonyl (C=O) groups is 1. The lowest BCUT2D eigenvalue weighted by molar-refractivity contribution is -0.119. The first-order chi connectivity index (χ1) is 14.6. The molecule has 1 fully saturated rings. The molecule has 2 heterocycles. The second-order valence-electron chi connectivity index (χ2n) is 7.99. The minimum Gasteiger partial charge on any atom is -0.469 e. The smallest absolute Gasteiger partial charge is 0.230 e. The number of nitrogens with one attached hydrogen (secondary N) is 1. The summed E-state index contributed by atoms with van der Waals surface area (Å²) in [6.45, 7) is 4.78. The zero-order valence-electron chi connectivity index (χ0n) is 17.5. The lowest BCUT2D eigenvalue weighted by Crippen LogP contribution is -2.41. The van der Waals surface area contributed by atoms with Crippen molar-refractivity contribution in [3.63, 3.8) is 0 Å². The molecule has 1 aromatic carbocycles. The van der Waals surface area contributed by atoms with Gasteiger partial charge in [0.2, 0.25) is 5.91 Å². The molecule has 30 heavy (non-hydrogen) atoms. The Balaban J connectivity index is 1.50. The molecule has 1 aliphatic carbocycles. The van der Waals surface area contributed by atoms with E-state index in [0.717, 1.165) is 34.3 Å². The molecule has 6 nitrogen and oxygen atoms in total. The molecule has 0 bridgehead atoms. The lowest BCUT2D eigenvalue weighted by atomic mass is 9.86. The Morgan fingerprint density at radius 3 is 2.73 bits per heavy atom. The summed E-state index contributed by atoms with van der Waals surface area (Å²) >= 11 is 1.43. The Labute approximate surface area is 181 Å². The second-order valence-corrected chi connectivity index (χ2v) is 8.94. The van der Waals surface area contributed by atoms with Crippen LogP contribution >= 0.6 is 11.8 Å². The number of carbonyl (C=O) groups excluding carboxylic acids is 1. The Bertz CT molecular complexity index is 982. The highest BCUT2D eigenvalue weighted by Gasteiger charge is 2.23. The summed E-state index contributed by atoms with van der Waals surface area (Å²) in [5.74, 6) is 2.51. The Morgan fingerprint density at radius 1 is 1.20 bits per heavy atom. The Morgan fingerprint density at radius 2 is 2.00 bits per heavy atom. The summed E-state index contributed by atoms with van der Waals surface area (Å²) in [7, 11) is 0.